The fourth-order valence-corrected chi connectivity index (χ4v) is 5.64. The van der Waals surface area contributed by atoms with E-state index in [0.717, 1.165) is 29.9 Å². The lowest BCUT2D eigenvalue weighted by molar-refractivity contribution is -0.128. The van der Waals surface area contributed by atoms with Crippen molar-refractivity contribution in [1.29, 1.82) is 0 Å². The Morgan fingerprint density at radius 3 is 2.90 bits per heavy atom. The Hall–Kier alpha value is -1.56. The number of hydrogen-bond acceptors (Lipinski definition) is 4. The van der Waals surface area contributed by atoms with Crippen LogP contribution >= 0.6 is 11.8 Å². The van der Waals surface area contributed by atoms with Gasteiger partial charge in [0.05, 0.1) is 12.2 Å². The summed E-state index contributed by atoms with van der Waals surface area (Å²) in [6.07, 6.45) is 8.42. The van der Waals surface area contributed by atoms with Crippen molar-refractivity contribution in [2.24, 2.45) is 17.8 Å². The monoisotopic (exact) mass is 429 g/mol. The molecule has 3 rings (SSSR count). The molecule has 0 spiro atoms. The predicted octanol–water partition coefficient (Wildman–Crippen LogP) is 3.61. The zero-order chi connectivity index (χ0) is 21.7. The van der Waals surface area contributed by atoms with E-state index in [1.165, 1.54) is 11.1 Å². The molecule has 4 nitrogen and oxygen atoms in total. The first-order valence-corrected chi connectivity index (χ1v) is 12.1. The topological polar surface area (TPSA) is 60.8 Å². The summed E-state index contributed by atoms with van der Waals surface area (Å²) in [5, 5.41) is 21.0. The SMILES string of the molecule is Cc1cccc(C[C@@H](O)/C=C/[C@@H]2[C@H]3CC(CSCCC(=O)N(C)C)=C[C@H]3C[C@H]2O)c1. The fourth-order valence-electron chi connectivity index (χ4n) is 4.70. The number of allylic oxidation sites excluding steroid dienone is 1. The van der Waals surface area contributed by atoms with Gasteiger partial charge in [0.2, 0.25) is 5.91 Å². The molecule has 1 fully saturated rings. The largest absolute Gasteiger partial charge is 0.392 e. The van der Waals surface area contributed by atoms with Gasteiger partial charge in [0.1, 0.15) is 0 Å². The quantitative estimate of drug-likeness (QED) is 0.465. The van der Waals surface area contributed by atoms with Gasteiger partial charge in [-0.25, -0.2) is 0 Å². The first-order valence-electron chi connectivity index (χ1n) is 10.9. The number of fused-ring (bicyclic) bond motifs is 1. The summed E-state index contributed by atoms with van der Waals surface area (Å²) in [5.74, 6) is 2.97. The molecule has 1 saturated carbocycles. The minimum absolute atomic E-state index is 0.108. The third-order valence-electron chi connectivity index (χ3n) is 6.28. The number of hydrogen-bond donors (Lipinski definition) is 2. The summed E-state index contributed by atoms with van der Waals surface area (Å²) in [5.41, 5.74) is 3.77. The van der Waals surface area contributed by atoms with Crippen LogP contribution in [0, 0.1) is 24.7 Å². The zero-order valence-electron chi connectivity index (χ0n) is 18.3. The van der Waals surface area contributed by atoms with Crippen LogP contribution < -0.4 is 0 Å². The highest BCUT2D eigenvalue weighted by molar-refractivity contribution is 7.99. The smallest absolute Gasteiger partial charge is 0.222 e. The maximum absolute atomic E-state index is 11.7. The Labute approximate surface area is 185 Å². The Morgan fingerprint density at radius 1 is 1.37 bits per heavy atom. The average molecular weight is 430 g/mol. The van der Waals surface area contributed by atoms with Gasteiger partial charge in [0, 0.05) is 44.4 Å². The van der Waals surface area contributed by atoms with Crippen LogP contribution in [0.2, 0.25) is 0 Å². The maximum atomic E-state index is 11.7. The van der Waals surface area contributed by atoms with Crippen LogP contribution in [0.4, 0.5) is 0 Å². The van der Waals surface area contributed by atoms with Crippen LogP contribution in [0.5, 0.6) is 0 Å². The van der Waals surface area contributed by atoms with E-state index in [2.05, 4.69) is 31.2 Å². The molecule has 1 amide bonds. The summed E-state index contributed by atoms with van der Waals surface area (Å²) in [4.78, 5) is 13.3. The molecule has 0 aliphatic heterocycles. The molecule has 0 radical (unpaired) electrons. The van der Waals surface area contributed by atoms with Crippen LogP contribution in [-0.4, -0.2) is 58.8 Å². The summed E-state index contributed by atoms with van der Waals surface area (Å²) in [6.45, 7) is 2.06. The van der Waals surface area contributed by atoms with Crippen LogP contribution in [-0.2, 0) is 11.2 Å². The molecule has 2 aliphatic carbocycles. The molecule has 0 aromatic heterocycles. The minimum Gasteiger partial charge on any atom is -0.392 e. The molecule has 164 valence electrons. The number of amides is 1. The van der Waals surface area contributed by atoms with Crippen molar-refractivity contribution in [3.63, 3.8) is 0 Å². The van der Waals surface area contributed by atoms with E-state index in [-0.39, 0.29) is 17.9 Å². The maximum Gasteiger partial charge on any atom is 0.222 e. The van der Waals surface area contributed by atoms with Crippen molar-refractivity contribution < 1.29 is 15.0 Å². The van der Waals surface area contributed by atoms with Crippen molar-refractivity contribution in [3.8, 4) is 0 Å². The minimum atomic E-state index is -0.531. The molecular weight excluding hydrogens is 394 g/mol. The van der Waals surface area contributed by atoms with Crippen molar-refractivity contribution in [2.45, 2.75) is 44.8 Å². The molecular formula is C25H35NO3S. The first kappa shape index (κ1) is 23.1. The van der Waals surface area contributed by atoms with E-state index >= 15 is 0 Å². The van der Waals surface area contributed by atoms with Gasteiger partial charge in [-0.3, -0.25) is 4.79 Å². The van der Waals surface area contributed by atoms with Crippen LogP contribution in [0.1, 0.15) is 30.4 Å². The Morgan fingerprint density at radius 2 is 2.17 bits per heavy atom. The molecule has 2 aliphatic rings. The number of aryl methyl sites for hydroxylation is 1. The van der Waals surface area contributed by atoms with Crippen LogP contribution in [0.25, 0.3) is 0 Å². The molecule has 30 heavy (non-hydrogen) atoms. The number of carbonyl (C=O) groups excluding carboxylic acids is 1. The predicted molar refractivity (Wildman–Crippen MR) is 124 cm³/mol. The molecule has 1 aromatic rings. The van der Waals surface area contributed by atoms with Gasteiger partial charge in [-0.15, -0.1) is 0 Å². The molecule has 0 bridgehead atoms. The molecule has 0 heterocycles. The highest BCUT2D eigenvalue weighted by Gasteiger charge is 2.43. The Kier molecular flexibility index (Phi) is 8.20. The lowest BCUT2D eigenvalue weighted by atomic mass is 9.89. The van der Waals surface area contributed by atoms with Gasteiger partial charge >= 0.3 is 0 Å². The summed E-state index contributed by atoms with van der Waals surface area (Å²) >= 11 is 1.82. The average Bonchev–Trinajstić information content (AvgIpc) is 3.19. The molecule has 1 aromatic carbocycles. The van der Waals surface area contributed by atoms with Gasteiger partial charge in [0.15, 0.2) is 0 Å². The number of benzene rings is 1. The second-order valence-corrected chi connectivity index (χ2v) is 10.1. The highest BCUT2D eigenvalue weighted by Crippen LogP contribution is 2.47. The number of nitrogens with zero attached hydrogens (tertiary/aromatic N) is 1. The molecule has 0 saturated heterocycles. The standard InChI is InChI=1S/C25H35NO3S/c1-17-5-4-6-18(11-17)13-21(27)7-8-22-23-14-19(12-20(23)15-24(22)28)16-30-10-9-25(29)26(2)3/h4-8,11-12,20-24,27-28H,9-10,13-16H2,1-3H3/b8-7+/t20-,21-,22+,23-,24+/m0/s1. The Bertz CT molecular complexity index is 788. The number of carbonyl (C=O) groups is 1. The van der Waals surface area contributed by atoms with Gasteiger partial charge in [-0.2, -0.15) is 11.8 Å². The lowest BCUT2D eigenvalue weighted by Crippen LogP contribution is -2.21. The number of thioether (sulfide) groups is 1. The van der Waals surface area contributed by atoms with E-state index in [0.29, 0.717) is 24.7 Å². The van der Waals surface area contributed by atoms with Crippen molar-refractivity contribution >= 4 is 17.7 Å². The van der Waals surface area contributed by atoms with Gasteiger partial charge in [0.25, 0.3) is 0 Å². The van der Waals surface area contributed by atoms with Gasteiger partial charge in [-0.1, -0.05) is 53.6 Å². The molecule has 5 heteroatoms. The van der Waals surface area contributed by atoms with E-state index < -0.39 is 6.10 Å². The third-order valence-corrected chi connectivity index (χ3v) is 7.35. The first-order chi connectivity index (χ1) is 14.3. The van der Waals surface area contributed by atoms with E-state index in [1.807, 2.05) is 30.0 Å². The van der Waals surface area contributed by atoms with Crippen LogP contribution in [0.15, 0.2) is 48.1 Å². The summed E-state index contributed by atoms with van der Waals surface area (Å²) < 4.78 is 0. The molecule has 2 N–H and O–H groups in total. The zero-order valence-corrected chi connectivity index (χ0v) is 19.1. The van der Waals surface area contributed by atoms with Gasteiger partial charge < -0.3 is 15.1 Å². The highest BCUT2D eigenvalue weighted by atomic mass is 32.2. The number of aliphatic hydroxyl groups is 2. The Balaban J connectivity index is 1.47. The lowest BCUT2D eigenvalue weighted by Gasteiger charge is -2.19. The normalized spacial score (nSPS) is 26.6. The number of aliphatic hydroxyl groups excluding tert-OH is 2. The second-order valence-electron chi connectivity index (χ2n) is 8.97. The summed E-state index contributed by atoms with van der Waals surface area (Å²) in [6, 6.07) is 8.23. The van der Waals surface area contributed by atoms with E-state index in [9.17, 15) is 15.0 Å². The van der Waals surface area contributed by atoms with Crippen molar-refractivity contribution in [3.05, 3.63) is 59.2 Å². The van der Waals surface area contributed by atoms with Crippen molar-refractivity contribution in [1.82, 2.24) is 4.90 Å². The van der Waals surface area contributed by atoms with E-state index in [1.54, 1.807) is 19.0 Å². The van der Waals surface area contributed by atoms with Crippen LogP contribution in [0.3, 0.4) is 0 Å². The number of rotatable bonds is 9. The second kappa shape index (κ2) is 10.7. The molecule has 0 unspecified atom stereocenters. The fraction of sp³-hybridized carbons (Fsp3) is 0.560. The molecule has 5 atom stereocenters. The van der Waals surface area contributed by atoms with E-state index in [4.69, 9.17) is 0 Å². The van der Waals surface area contributed by atoms with Gasteiger partial charge in [-0.05, 0) is 37.2 Å². The summed E-state index contributed by atoms with van der Waals surface area (Å²) in [7, 11) is 3.59. The third kappa shape index (κ3) is 6.22. The van der Waals surface area contributed by atoms with Crippen molar-refractivity contribution in [2.75, 3.05) is 25.6 Å².